The zero-order chi connectivity index (χ0) is 16.9. The molecular weight excluding hydrogens is 336 g/mol. The zero-order valence-electron chi connectivity index (χ0n) is 12.4. The van der Waals surface area contributed by atoms with Gasteiger partial charge in [-0.05, 0) is 41.5 Å². The van der Waals surface area contributed by atoms with Crippen molar-refractivity contribution in [1.82, 2.24) is 4.90 Å². The van der Waals surface area contributed by atoms with Gasteiger partial charge in [-0.2, -0.15) is 0 Å². The number of hydrogen-bond donors (Lipinski definition) is 0. The van der Waals surface area contributed by atoms with E-state index in [1.807, 2.05) is 12.1 Å². The predicted molar refractivity (Wildman–Crippen MR) is 87.5 cm³/mol. The number of amides is 1. The Bertz CT molecular complexity index is 926. The second-order valence-electron chi connectivity index (χ2n) is 5.89. The van der Waals surface area contributed by atoms with Gasteiger partial charge in [0.25, 0.3) is 11.8 Å². The lowest BCUT2D eigenvalue weighted by Crippen LogP contribution is -2.58. The van der Waals surface area contributed by atoms with Crippen molar-refractivity contribution in [3.63, 3.8) is 0 Å². The van der Waals surface area contributed by atoms with Gasteiger partial charge in [-0.15, -0.1) is 0 Å². The van der Waals surface area contributed by atoms with Crippen molar-refractivity contribution in [2.45, 2.75) is 5.92 Å². The lowest BCUT2D eigenvalue weighted by molar-refractivity contribution is -0.113. The maximum absolute atomic E-state index is 12.9. The minimum absolute atomic E-state index is 0.379. The minimum atomic E-state index is -2.76. The molecule has 2 aromatic carbocycles. The first-order valence-corrected chi connectivity index (χ1v) is 7.75. The molecule has 1 aliphatic heterocycles. The Morgan fingerprint density at radius 1 is 1.08 bits per heavy atom. The van der Waals surface area contributed by atoms with Crippen LogP contribution in [0.4, 0.5) is 8.78 Å². The van der Waals surface area contributed by atoms with Crippen molar-refractivity contribution in [2.75, 3.05) is 13.1 Å². The molecule has 2 heterocycles. The molecule has 0 radical (unpaired) electrons. The number of benzene rings is 2. The van der Waals surface area contributed by atoms with E-state index < -0.39 is 19.0 Å². The monoisotopic (exact) mass is 347 g/mol. The van der Waals surface area contributed by atoms with Gasteiger partial charge in [0.1, 0.15) is 0 Å². The fraction of sp³-hybridized carbons (Fsp3) is 0.167. The number of furan rings is 1. The molecule has 1 fully saturated rings. The molecule has 1 amide bonds. The second-order valence-corrected chi connectivity index (χ2v) is 6.30. The second kappa shape index (κ2) is 5.31. The van der Waals surface area contributed by atoms with E-state index in [-0.39, 0.29) is 5.91 Å². The van der Waals surface area contributed by atoms with Gasteiger partial charge in [-0.3, -0.25) is 4.79 Å². The molecule has 0 unspecified atom stereocenters. The molecule has 0 N–H and O–H groups in total. The smallest absolute Gasteiger partial charge is 0.282 e. The number of hydrogen-bond acceptors (Lipinski definition) is 2. The third-order valence-electron chi connectivity index (χ3n) is 4.10. The average molecular weight is 348 g/mol. The van der Waals surface area contributed by atoms with E-state index in [0.29, 0.717) is 16.2 Å². The Kier molecular flexibility index (Phi) is 3.35. The third-order valence-corrected chi connectivity index (χ3v) is 4.38. The van der Waals surface area contributed by atoms with Crippen molar-refractivity contribution in [1.29, 1.82) is 0 Å². The normalized spacial score (nSPS) is 16.2. The molecule has 0 bridgehead atoms. The van der Waals surface area contributed by atoms with Crippen LogP contribution < -0.4 is 0 Å². The van der Waals surface area contributed by atoms with Crippen LogP contribution in [0.2, 0.25) is 5.02 Å². The molecule has 3 nitrogen and oxygen atoms in total. The van der Waals surface area contributed by atoms with Crippen LogP contribution in [0.25, 0.3) is 22.1 Å². The summed E-state index contributed by atoms with van der Waals surface area (Å²) in [6, 6.07) is 12.4. The lowest BCUT2D eigenvalue weighted by atomic mass is 10.0. The van der Waals surface area contributed by atoms with Crippen LogP contribution in [-0.4, -0.2) is 29.8 Å². The number of alkyl halides is 2. The Labute approximate surface area is 141 Å². The Morgan fingerprint density at radius 2 is 1.79 bits per heavy atom. The first-order valence-electron chi connectivity index (χ1n) is 7.37. The van der Waals surface area contributed by atoms with Crippen LogP contribution in [-0.2, 0) is 0 Å². The molecule has 0 spiro atoms. The van der Waals surface area contributed by atoms with Crippen LogP contribution >= 0.6 is 11.6 Å². The van der Waals surface area contributed by atoms with Crippen molar-refractivity contribution in [3.05, 3.63) is 59.3 Å². The van der Waals surface area contributed by atoms with Gasteiger partial charge in [0, 0.05) is 10.9 Å². The molecule has 0 atom stereocenters. The van der Waals surface area contributed by atoms with Gasteiger partial charge in [0.05, 0.1) is 24.4 Å². The zero-order valence-corrected chi connectivity index (χ0v) is 13.2. The molecule has 4 rings (SSSR count). The number of nitrogens with zero attached hydrogens (tertiary/aromatic N) is 1. The van der Waals surface area contributed by atoms with Gasteiger partial charge in [-0.25, -0.2) is 8.78 Å². The van der Waals surface area contributed by atoms with Gasteiger partial charge in [0.2, 0.25) is 0 Å². The van der Waals surface area contributed by atoms with E-state index in [1.165, 1.54) is 0 Å². The highest BCUT2D eigenvalue weighted by Crippen LogP contribution is 2.32. The number of rotatable bonds is 2. The van der Waals surface area contributed by atoms with E-state index in [4.69, 9.17) is 16.0 Å². The maximum atomic E-state index is 12.9. The molecule has 122 valence electrons. The maximum Gasteiger partial charge on any atom is 0.282 e. The number of fused-ring (bicyclic) bond motifs is 1. The summed E-state index contributed by atoms with van der Waals surface area (Å²) >= 11 is 6.20. The van der Waals surface area contributed by atoms with Crippen LogP contribution in [0.5, 0.6) is 0 Å². The van der Waals surface area contributed by atoms with Crippen molar-refractivity contribution in [3.8, 4) is 11.1 Å². The Hall–Kier alpha value is -2.40. The number of carbonyl (C=O) groups is 1. The largest absolute Gasteiger partial charge is 0.463 e. The highest BCUT2D eigenvalue weighted by atomic mass is 35.5. The van der Waals surface area contributed by atoms with E-state index >= 15 is 0 Å². The Balaban J connectivity index is 1.60. The highest BCUT2D eigenvalue weighted by molar-refractivity contribution is 6.35. The summed E-state index contributed by atoms with van der Waals surface area (Å²) < 4.78 is 31.1. The quantitative estimate of drug-likeness (QED) is 0.664. The summed E-state index contributed by atoms with van der Waals surface area (Å²) in [5.41, 5.74) is 2.80. The molecule has 0 aliphatic carbocycles. The third kappa shape index (κ3) is 2.55. The van der Waals surface area contributed by atoms with E-state index in [2.05, 4.69) is 0 Å². The van der Waals surface area contributed by atoms with Gasteiger partial charge >= 0.3 is 0 Å². The summed E-state index contributed by atoms with van der Waals surface area (Å²) in [6.45, 7) is -1.03. The van der Waals surface area contributed by atoms with Crippen molar-refractivity contribution < 1.29 is 18.0 Å². The number of carbonyl (C=O) groups excluding carboxylic acids is 1. The summed E-state index contributed by atoms with van der Waals surface area (Å²) in [4.78, 5) is 13.3. The number of likely N-dealkylation sites (tertiary alicyclic amines) is 1. The van der Waals surface area contributed by atoms with Gasteiger partial charge < -0.3 is 9.32 Å². The lowest BCUT2D eigenvalue weighted by Gasteiger charge is -2.38. The first kappa shape index (κ1) is 15.1. The minimum Gasteiger partial charge on any atom is -0.463 e. The standard InChI is InChI=1S/C18H12ClF2NO2/c19-15-8-14(7-13-5-6-24-16(13)15)11-1-3-12(4-2-11)17(23)22-9-18(20,21)10-22/h1-8H,9-10H2. The molecule has 3 aromatic rings. The average Bonchev–Trinajstić information content (AvgIpc) is 3.01. The molecule has 1 aliphatic rings. The highest BCUT2D eigenvalue weighted by Gasteiger charge is 2.46. The van der Waals surface area contributed by atoms with E-state index in [9.17, 15) is 13.6 Å². The Morgan fingerprint density at radius 3 is 2.46 bits per heavy atom. The summed E-state index contributed by atoms with van der Waals surface area (Å²) in [7, 11) is 0. The first-order chi connectivity index (χ1) is 11.4. The predicted octanol–water partition coefficient (Wildman–Crippen LogP) is 4.84. The molecule has 6 heteroatoms. The molecule has 0 saturated carbocycles. The van der Waals surface area contributed by atoms with Gasteiger partial charge in [0.15, 0.2) is 5.58 Å². The summed E-state index contributed by atoms with van der Waals surface area (Å²) in [6.07, 6.45) is 1.57. The SMILES string of the molecule is O=C(c1ccc(-c2cc(Cl)c3occc3c2)cc1)N1CC(F)(F)C1. The summed E-state index contributed by atoms with van der Waals surface area (Å²) in [5.74, 6) is -3.14. The van der Waals surface area contributed by atoms with E-state index in [1.54, 1.807) is 36.6 Å². The van der Waals surface area contributed by atoms with Gasteiger partial charge in [-0.1, -0.05) is 23.7 Å². The molecule has 1 aromatic heterocycles. The van der Waals surface area contributed by atoms with Crippen molar-refractivity contribution >= 4 is 28.5 Å². The van der Waals surface area contributed by atoms with Crippen LogP contribution in [0, 0.1) is 0 Å². The molecule has 24 heavy (non-hydrogen) atoms. The van der Waals surface area contributed by atoms with Crippen LogP contribution in [0.15, 0.2) is 53.1 Å². The fourth-order valence-electron chi connectivity index (χ4n) is 2.85. The topological polar surface area (TPSA) is 33.5 Å². The van der Waals surface area contributed by atoms with E-state index in [0.717, 1.165) is 21.4 Å². The van der Waals surface area contributed by atoms with Crippen LogP contribution in [0.1, 0.15) is 10.4 Å². The number of halogens is 3. The summed E-state index contributed by atoms with van der Waals surface area (Å²) in [5, 5.41) is 1.40. The molecular formula is C18H12ClF2NO2. The van der Waals surface area contributed by atoms with Crippen molar-refractivity contribution in [2.24, 2.45) is 0 Å². The van der Waals surface area contributed by atoms with Crippen LogP contribution in [0.3, 0.4) is 0 Å². The molecule has 1 saturated heterocycles. The fourth-order valence-corrected chi connectivity index (χ4v) is 3.12.